The number of rotatable bonds is 16. The first-order chi connectivity index (χ1) is 15.3. The van der Waals surface area contributed by atoms with E-state index in [0.717, 1.165) is 0 Å². The van der Waals surface area contributed by atoms with Gasteiger partial charge in [-0.25, -0.2) is 4.79 Å². The van der Waals surface area contributed by atoms with Gasteiger partial charge in [0.2, 0.25) is 23.6 Å². The summed E-state index contributed by atoms with van der Waals surface area (Å²) in [6, 6.07) is -5.69. The maximum Gasteiger partial charge on any atom is 0.328 e. The van der Waals surface area contributed by atoms with E-state index in [-0.39, 0.29) is 19.3 Å². The number of carbonyl (C=O) groups excluding carboxylic acids is 4. The van der Waals surface area contributed by atoms with Crippen molar-refractivity contribution in [1.82, 2.24) is 16.0 Å². The normalized spacial score (nSPS) is 15.3. The number of hydrogen-bond donors (Lipinski definition) is 8. The predicted molar refractivity (Wildman–Crippen MR) is 117 cm³/mol. The smallest absolute Gasteiger partial charge is 0.328 e. The minimum Gasteiger partial charge on any atom is -0.481 e. The van der Waals surface area contributed by atoms with Crippen LogP contribution in [0.3, 0.4) is 0 Å². The van der Waals surface area contributed by atoms with E-state index >= 15 is 0 Å². The summed E-state index contributed by atoms with van der Waals surface area (Å²) >= 11 is 1.35. The molecule has 14 nitrogen and oxygen atoms in total. The van der Waals surface area contributed by atoms with Gasteiger partial charge < -0.3 is 42.7 Å². The van der Waals surface area contributed by atoms with Crippen molar-refractivity contribution in [3.05, 3.63) is 0 Å². The minimum atomic E-state index is -1.62. The Hall–Kier alpha value is -2.91. The third-order valence-corrected chi connectivity index (χ3v) is 4.98. The van der Waals surface area contributed by atoms with Gasteiger partial charge in [-0.15, -0.1) is 0 Å². The molecule has 0 saturated heterocycles. The lowest BCUT2D eigenvalue weighted by molar-refractivity contribution is -0.145. The van der Waals surface area contributed by atoms with Gasteiger partial charge in [0.05, 0.1) is 18.6 Å². The Balaban J connectivity index is 5.52. The summed E-state index contributed by atoms with van der Waals surface area (Å²) in [6.45, 7) is 1.17. The largest absolute Gasteiger partial charge is 0.481 e. The molecule has 0 spiro atoms. The molecular formula is C18H31N5O9S. The number of primary amides is 1. The average molecular weight is 494 g/mol. The number of carbonyl (C=O) groups is 6. The molecule has 10 N–H and O–H groups in total. The van der Waals surface area contributed by atoms with Crippen molar-refractivity contribution in [2.24, 2.45) is 11.5 Å². The molecule has 0 aromatic rings. The average Bonchev–Trinajstić information content (AvgIpc) is 2.70. The van der Waals surface area contributed by atoms with Gasteiger partial charge in [-0.1, -0.05) is 0 Å². The van der Waals surface area contributed by atoms with Crippen molar-refractivity contribution >= 4 is 47.3 Å². The van der Waals surface area contributed by atoms with Crippen LogP contribution in [0.15, 0.2) is 0 Å². The van der Waals surface area contributed by atoms with E-state index in [4.69, 9.17) is 21.7 Å². The molecule has 0 radical (unpaired) electrons. The van der Waals surface area contributed by atoms with Crippen LogP contribution in [0, 0.1) is 0 Å². The standard InChI is InChI=1S/C18H31N5O9S/c1-8(24)14(18(31)32)23-17(30)11(5-6-33-2)22-16(29)10(3-4-12(20)25)21-15(28)9(19)7-13(26)27/h8-11,14,24H,3-7,19H2,1-2H3,(H2,20,25)(H,21,28)(H,22,29)(H,23,30)(H,26,27)(H,31,32). The van der Waals surface area contributed by atoms with Crippen LogP contribution in [0.5, 0.6) is 0 Å². The summed E-state index contributed by atoms with van der Waals surface area (Å²) in [5.41, 5.74) is 10.6. The highest BCUT2D eigenvalue weighted by atomic mass is 32.2. The fraction of sp³-hybridized carbons (Fsp3) is 0.667. The Bertz CT molecular complexity index is 734. The van der Waals surface area contributed by atoms with Gasteiger partial charge in [0.1, 0.15) is 12.1 Å². The molecule has 0 aliphatic rings. The van der Waals surface area contributed by atoms with E-state index in [1.165, 1.54) is 18.7 Å². The molecule has 0 rings (SSSR count). The number of aliphatic carboxylic acids is 2. The van der Waals surface area contributed by atoms with Crippen LogP contribution in [0.25, 0.3) is 0 Å². The van der Waals surface area contributed by atoms with Gasteiger partial charge in [0, 0.05) is 6.42 Å². The van der Waals surface area contributed by atoms with Crippen molar-refractivity contribution < 1.29 is 44.1 Å². The second-order valence-electron chi connectivity index (χ2n) is 7.18. The summed E-state index contributed by atoms with van der Waals surface area (Å²) in [4.78, 5) is 70.7. The van der Waals surface area contributed by atoms with Gasteiger partial charge in [-0.3, -0.25) is 24.0 Å². The van der Waals surface area contributed by atoms with E-state index < -0.39 is 72.3 Å². The SMILES string of the molecule is CSCCC(NC(=O)C(CCC(N)=O)NC(=O)C(N)CC(=O)O)C(=O)NC(C(=O)O)C(C)O. The molecule has 5 atom stereocenters. The van der Waals surface area contributed by atoms with Gasteiger partial charge >= 0.3 is 11.9 Å². The quantitative estimate of drug-likeness (QED) is 0.106. The number of carboxylic acids is 2. The van der Waals surface area contributed by atoms with Crippen molar-refractivity contribution in [2.75, 3.05) is 12.0 Å². The Morgan fingerprint density at radius 2 is 1.42 bits per heavy atom. The van der Waals surface area contributed by atoms with Crippen molar-refractivity contribution in [3.63, 3.8) is 0 Å². The molecule has 0 heterocycles. The molecule has 0 aromatic heterocycles. The highest BCUT2D eigenvalue weighted by Crippen LogP contribution is 2.06. The molecule has 0 saturated carbocycles. The van der Waals surface area contributed by atoms with E-state index in [1.54, 1.807) is 6.26 Å². The Labute approximate surface area is 194 Å². The van der Waals surface area contributed by atoms with E-state index in [1.807, 2.05) is 0 Å². The Morgan fingerprint density at radius 1 is 0.909 bits per heavy atom. The monoisotopic (exact) mass is 493 g/mol. The molecule has 0 aromatic carbocycles. The number of nitrogens with one attached hydrogen (secondary N) is 3. The topological polar surface area (TPSA) is 251 Å². The zero-order valence-corrected chi connectivity index (χ0v) is 19.1. The van der Waals surface area contributed by atoms with E-state index in [9.17, 15) is 33.9 Å². The zero-order chi connectivity index (χ0) is 25.7. The first-order valence-corrected chi connectivity index (χ1v) is 11.3. The molecule has 0 fully saturated rings. The zero-order valence-electron chi connectivity index (χ0n) is 18.3. The number of aliphatic hydroxyl groups excluding tert-OH is 1. The van der Waals surface area contributed by atoms with Gasteiger partial charge in [0.25, 0.3) is 0 Å². The van der Waals surface area contributed by atoms with E-state index in [2.05, 4.69) is 16.0 Å². The van der Waals surface area contributed by atoms with Crippen molar-refractivity contribution in [2.45, 2.75) is 62.9 Å². The fourth-order valence-corrected chi connectivity index (χ4v) is 3.01. The van der Waals surface area contributed by atoms with Crippen LogP contribution in [0.2, 0.25) is 0 Å². The second kappa shape index (κ2) is 15.0. The molecular weight excluding hydrogens is 462 g/mol. The third-order valence-electron chi connectivity index (χ3n) is 4.33. The van der Waals surface area contributed by atoms with Gasteiger partial charge in [-0.05, 0) is 31.8 Å². The molecule has 5 unspecified atom stereocenters. The summed E-state index contributed by atoms with van der Waals surface area (Å²) in [5.74, 6) is -5.93. The lowest BCUT2D eigenvalue weighted by Gasteiger charge is -2.25. The third kappa shape index (κ3) is 12.1. The maximum absolute atomic E-state index is 12.8. The number of nitrogens with two attached hydrogens (primary N) is 2. The summed E-state index contributed by atoms with van der Waals surface area (Å²) in [6.07, 6.45) is -0.856. The lowest BCUT2D eigenvalue weighted by atomic mass is 10.1. The van der Waals surface area contributed by atoms with Crippen LogP contribution in [0.4, 0.5) is 0 Å². The molecule has 33 heavy (non-hydrogen) atoms. The van der Waals surface area contributed by atoms with Crippen LogP contribution >= 0.6 is 11.8 Å². The Kier molecular flexibility index (Phi) is 13.7. The predicted octanol–water partition coefficient (Wildman–Crippen LogP) is -3.27. The first kappa shape index (κ1) is 30.1. The molecule has 15 heteroatoms. The minimum absolute atomic E-state index is 0.0832. The van der Waals surface area contributed by atoms with Crippen molar-refractivity contribution in [3.8, 4) is 0 Å². The summed E-state index contributed by atoms with van der Waals surface area (Å²) in [7, 11) is 0. The number of amides is 4. The van der Waals surface area contributed by atoms with Gasteiger partial charge in [0.15, 0.2) is 6.04 Å². The second-order valence-corrected chi connectivity index (χ2v) is 8.16. The highest BCUT2D eigenvalue weighted by Gasteiger charge is 2.32. The molecule has 0 aliphatic carbocycles. The fourth-order valence-electron chi connectivity index (χ4n) is 2.53. The Morgan fingerprint density at radius 3 is 1.88 bits per heavy atom. The van der Waals surface area contributed by atoms with Crippen molar-refractivity contribution in [1.29, 1.82) is 0 Å². The summed E-state index contributed by atoms with van der Waals surface area (Å²) in [5, 5.41) is 34.2. The van der Waals surface area contributed by atoms with Crippen LogP contribution < -0.4 is 27.4 Å². The number of carboxylic acid groups (broad SMARTS) is 2. The van der Waals surface area contributed by atoms with Crippen LogP contribution in [-0.4, -0.2) is 93.2 Å². The molecule has 4 amide bonds. The van der Waals surface area contributed by atoms with E-state index in [0.29, 0.717) is 5.75 Å². The first-order valence-electron chi connectivity index (χ1n) is 9.86. The lowest BCUT2D eigenvalue weighted by Crippen LogP contribution is -2.58. The van der Waals surface area contributed by atoms with Gasteiger partial charge in [-0.2, -0.15) is 11.8 Å². The summed E-state index contributed by atoms with van der Waals surface area (Å²) < 4.78 is 0. The highest BCUT2D eigenvalue weighted by molar-refractivity contribution is 7.98. The number of thioether (sulfide) groups is 1. The molecule has 188 valence electrons. The van der Waals surface area contributed by atoms with Crippen LogP contribution in [-0.2, 0) is 28.8 Å². The maximum atomic E-state index is 12.8. The number of hydrogen-bond acceptors (Lipinski definition) is 9. The number of aliphatic hydroxyl groups is 1. The molecule has 0 bridgehead atoms. The van der Waals surface area contributed by atoms with Crippen LogP contribution in [0.1, 0.15) is 32.6 Å². The molecule has 0 aliphatic heterocycles.